The Kier molecular flexibility index (Phi) is 2.13. The van der Waals surface area contributed by atoms with Crippen LogP contribution in [-0.2, 0) is 12.8 Å². The second kappa shape index (κ2) is 3.73. The fourth-order valence-corrected chi connectivity index (χ4v) is 3.68. The number of fused-ring (bicyclic) bond motifs is 3. The fraction of sp³-hybridized carbons (Fsp3) is 0.312. The van der Waals surface area contributed by atoms with Crippen LogP contribution < -0.4 is 0 Å². The Morgan fingerprint density at radius 1 is 1.32 bits per heavy atom. The number of H-pyrrole nitrogens is 1. The first kappa shape index (κ1) is 10.9. The molecule has 4 rings (SSSR count). The van der Waals surface area contributed by atoms with Crippen molar-refractivity contribution in [1.29, 1.82) is 0 Å². The molecule has 1 fully saturated rings. The van der Waals surface area contributed by atoms with E-state index < -0.39 is 5.97 Å². The highest BCUT2D eigenvalue weighted by molar-refractivity contribution is 5.86. The van der Waals surface area contributed by atoms with Crippen LogP contribution in [0.15, 0.2) is 36.4 Å². The first-order valence-corrected chi connectivity index (χ1v) is 6.73. The molecule has 96 valence electrons. The molecule has 0 spiro atoms. The van der Waals surface area contributed by atoms with E-state index in [2.05, 4.69) is 29.2 Å². The molecular weight excluding hydrogens is 238 g/mol. The van der Waals surface area contributed by atoms with E-state index in [1.165, 1.54) is 11.1 Å². The first-order chi connectivity index (χ1) is 9.24. The van der Waals surface area contributed by atoms with Gasteiger partial charge in [-0.15, -0.1) is 0 Å². The van der Waals surface area contributed by atoms with Gasteiger partial charge in [-0.25, -0.2) is 4.79 Å². The average molecular weight is 253 g/mol. The van der Waals surface area contributed by atoms with E-state index in [0.29, 0.717) is 17.5 Å². The highest BCUT2D eigenvalue weighted by Crippen LogP contribution is 2.62. The Morgan fingerprint density at radius 2 is 2.11 bits per heavy atom. The maximum absolute atomic E-state index is 11.0. The monoisotopic (exact) mass is 253 g/mol. The Morgan fingerprint density at radius 3 is 2.84 bits per heavy atom. The van der Waals surface area contributed by atoms with Crippen LogP contribution >= 0.6 is 0 Å². The van der Waals surface area contributed by atoms with Crippen LogP contribution in [0.25, 0.3) is 0 Å². The van der Waals surface area contributed by atoms with Crippen LogP contribution in [-0.4, -0.2) is 16.1 Å². The molecule has 3 unspecified atom stereocenters. The molecule has 19 heavy (non-hydrogen) atoms. The molecule has 1 saturated carbocycles. The third kappa shape index (κ3) is 1.61. The molecular formula is C16H15NO2. The lowest BCUT2D eigenvalue weighted by Gasteiger charge is -2.03. The molecule has 1 aromatic carbocycles. The van der Waals surface area contributed by atoms with E-state index in [9.17, 15) is 4.79 Å². The van der Waals surface area contributed by atoms with Crippen LogP contribution in [0.1, 0.15) is 33.2 Å². The summed E-state index contributed by atoms with van der Waals surface area (Å²) >= 11 is 0. The number of carboxylic acid groups (broad SMARTS) is 1. The van der Waals surface area contributed by atoms with Gasteiger partial charge in [-0.1, -0.05) is 30.3 Å². The molecule has 0 radical (unpaired) electrons. The molecule has 3 heteroatoms. The summed E-state index contributed by atoms with van der Waals surface area (Å²) in [6, 6.07) is 12.4. The summed E-state index contributed by atoms with van der Waals surface area (Å²) in [6.07, 6.45) is 2.13. The number of aromatic amines is 1. The van der Waals surface area contributed by atoms with Crippen LogP contribution in [0, 0.1) is 11.8 Å². The third-order valence-corrected chi connectivity index (χ3v) is 4.61. The van der Waals surface area contributed by atoms with E-state index in [0.717, 1.165) is 24.5 Å². The maximum atomic E-state index is 11.0. The summed E-state index contributed by atoms with van der Waals surface area (Å²) in [5.74, 6) is 1.16. The molecule has 0 aliphatic heterocycles. The van der Waals surface area contributed by atoms with Crippen LogP contribution in [0.5, 0.6) is 0 Å². The van der Waals surface area contributed by atoms with Gasteiger partial charge in [0.15, 0.2) is 0 Å². The van der Waals surface area contributed by atoms with Crippen LogP contribution in [0.4, 0.5) is 0 Å². The predicted molar refractivity (Wildman–Crippen MR) is 71.3 cm³/mol. The molecule has 1 heterocycles. The van der Waals surface area contributed by atoms with E-state index in [-0.39, 0.29) is 0 Å². The summed E-state index contributed by atoms with van der Waals surface area (Å²) in [5, 5.41) is 9.01. The van der Waals surface area contributed by atoms with Crippen molar-refractivity contribution in [2.75, 3.05) is 0 Å². The largest absolute Gasteiger partial charge is 0.477 e. The van der Waals surface area contributed by atoms with Gasteiger partial charge in [0.2, 0.25) is 0 Å². The molecule has 2 aromatic rings. The third-order valence-electron chi connectivity index (χ3n) is 4.61. The molecule has 3 nitrogen and oxygen atoms in total. The summed E-state index contributed by atoms with van der Waals surface area (Å²) < 4.78 is 0. The topological polar surface area (TPSA) is 53.1 Å². The smallest absolute Gasteiger partial charge is 0.352 e. The molecule has 0 amide bonds. The van der Waals surface area contributed by atoms with Gasteiger partial charge in [0, 0.05) is 5.69 Å². The second-order valence-electron chi connectivity index (χ2n) is 5.67. The van der Waals surface area contributed by atoms with Crippen molar-refractivity contribution in [3.8, 4) is 0 Å². The Labute approximate surface area is 111 Å². The number of hydrogen-bond acceptors (Lipinski definition) is 1. The lowest BCUT2D eigenvalue weighted by Crippen LogP contribution is -1.98. The highest BCUT2D eigenvalue weighted by atomic mass is 16.4. The average Bonchev–Trinajstić information content (AvgIpc) is 2.75. The van der Waals surface area contributed by atoms with E-state index >= 15 is 0 Å². The van der Waals surface area contributed by atoms with Crippen molar-refractivity contribution >= 4 is 5.97 Å². The number of benzene rings is 1. The quantitative estimate of drug-likeness (QED) is 0.883. The van der Waals surface area contributed by atoms with Gasteiger partial charge >= 0.3 is 5.97 Å². The van der Waals surface area contributed by atoms with Gasteiger partial charge in [-0.3, -0.25) is 0 Å². The van der Waals surface area contributed by atoms with Crippen molar-refractivity contribution in [3.05, 3.63) is 58.9 Å². The number of carboxylic acids is 1. The van der Waals surface area contributed by atoms with Gasteiger partial charge in [0.25, 0.3) is 0 Å². The van der Waals surface area contributed by atoms with Gasteiger partial charge in [-0.05, 0) is 47.8 Å². The van der Waals surface area contributed by atoms with E-state index in [4.69, 9.17) is 5.11 Å². The van der Waals surface area contributed by atoms with Gasteiger partial charge in [0.1, 0.15) is 5.69 Å². The first-order valence-electron chi connectivity index (χ1n) is 6.73. The molecule has 3 atom stereocenters. The number of hydrogen-bond donors (Lipinski definition) is 2. The minimum absolute atomic E-state index is 0.341. The van der Waals surface area contributed by atoms with Gasteiger partial charge in [-0.2, -0.15) is 0 Å². The number of aromatic carboxylic acids is 1. The van der Waals surface area contributed by atoms with Crippen molar-refractivity contribution in [3.63, 3.8) is 0 Å². The molecule has 2 aliphatic rings. The molecule has 2 aliphatic carbocycles. The standard InChI is InChI=1S/C16H15NO2/c18-16(19)14-8-12-13(17-14)7-11-10(15(11)12)6-9-4-2-1-3-5-9/h1-5,8,10-11,15,17H,6-7H2,(H,18,19). The Bertz CT molecular complexity index is 644. The minimum atomic E-state index is -0.855. The second-order valence-corrected chi connectivity index (χ2v) is 5.67. The lowest BCUT2D eigenvalue weighted by atomic mass is 10.0. The maximum Gasteiger partial charge on any atom is 0.352 e. The summed E-state index contributed by atoms with van der Waals surface area (Å²) in [4.78, 5) is 14.0. The SMILES string of the molecule is O=C(O)c1cc2c([nH]1)CC1C(Cc3ccccc3)C21. The fourth-order valence-electron chi connectivity index (χ4n) is 3.68. The number of nitrogens with one attached hydrogen (secondary N) is 1. The number of rotatable bonds is 3. The number of carbonyl (C=O) groups is 1. The van der Waals surface area contributed by atoms with Crippen molar-refractivity contribution in [1.82, 2.24) is 4.98 Å². The number of aromatic nitrogens is 1. The van der Waals surface area contributed by atoms with E-state index in [1.54, 1.807) is 0 Å². The predicted octanol–water partition coefficient (Wildman–Crippen LogP) is 2.84. The summed E-state index contributed by atoms with van der Waals surface area (Å²) in [7, 11) is 0. The minimum Gasteiger partial charge on any atom is -0.477 e. The Hall–Kier alpha value is -2.03. The summed E-state index contributed by atoms with van der Waals surface area (Å²) in [5.41, 5.74) is 4.13. The van der Waals surface area contributed by atoms with Crippen molar-refractivity contribution in [2.45, 2.75) is 18.8 Å². The zero-order chi connectivity index (χ0) is 13.0. The summed E-state index contributed by atoms with van der Waals surface area (Å²) in [6.45, 7) is 0. The van der Waals surface area contributed by atoms with Crippen LogP contribution in [0.2, 0.25) is 0 Å². The normalized spacial score (nSPS) is 26.8. The molecule has 2 N–H and O–H groups in total. The lowest BCUT2D eigenvalue weighted by molar-refractivity contribution is 0.0691. The highest BCUT2D eigenvalue weighted by Gasteiger charge is 2.55. The zero-order valence-electron chi connectivity index (χ0n) is 10.5. The molecule has 0 saturated heterocycles. The zero-order valence-corrected chi connectivity index (χ0v) is 10.5. The van der Waals surface area contributed by atoms with Crippen molar-refractivity contribution < 1.29 is 9.90 Å². The van der Waals surface area contributed by atoms with Gasteiger partial charge in [0.05, 0.1) is 0 Å². The van der Waals surface area contributed by atoms with Crippen molar-refractivity contribution in [2.24, 2.45) is 11.8 Å². The van der Waals surface area contributed by atoms with Crippen LogP contribution in [0.3, 0.4) is 0 Å². The molecule has 1 aromatic heterocycles. The van der Waals surface area contributed by atoms with Gasteiger partial charge < -0.3 is 10.1 Å². The van der Waals surface area contributed by atoms with E-state index in [1.807, 2.05) is 12.1 Å². The molecule has 0 bridgehead atoms. The Balaban J connectivity index is 1.54.